The van der Waals surface area contributed by atoms with E-state index in [0.717, 1.165) is 12.8 Å². The van der Waals surface area contributed by atoms with E-state index in [2.05, 4.69) is 15.4 Å². The number of hydrazine groups is 1. The molecule has 1 aromatic rings. The Kier molecular flexibility index (Phi) is 4.03. The van der Waals surface area contributed by atoms with Gasteiger partial charge in [0.25, 0.3) is 0 Å². The molecule has 0 atom stereocenters. The second-order valence-electron chi connectivity index (χ2n) is 5.23. The van der Waals surface area contributed by atoms with E-state index in [4.69, 9.17) is 5.84 Å². The minimum atomic E-state index is -4.27. The van der Waals surface area contributed by atoms with Gasteiger partial charge >= 0.3 is 6.18 Å². The van der Waals surface area contributed by atoms with Crippen LogP contribution in [0.5, 0.6) is 0 Å². The van der Waals surface area contributed by atoms with E-state index in [-0.39, 0.29) is 12.0 Å². The summed E-state index contributed by atoms with van der Waals surface area (Å²) < 4.78 is 38.3. The van der Waals surface area contributed by atoms with Crippen LogP contribution in [0.4, 0.5) is 24.8 Å². The fourth-order valence-corrected chi connectivity index (χ4v) is 2.22. The van der Waals surface area contributed by atoms with Gasteiger partial charge in [-0.1, -0.05) is 13.8 Å². The maximum Gasteiger partial charge on any atom is 0.405 e. The van der Waals surface area contributed by atoms with Gasteiger partial charge in [0.05, 0.1) is 0 Å². The van der Waals surface area contributed by atoms with E-state index in [0.29, 0.717) is 17.2 Å². The van der Waals surface area contributed by atoms with Crippen LogP contribution in [0.15, 0.2) is 6.33 Å². The third-order valence-corrected chi connectivity index (χ3v) is 3.19. The molecule has 112 valence electrons. The smallest absolute Gasteiger partial charge is 0.344 e. The van der Waals surface area contributed by atoms with Crippen LogP contribution in [0, 0.1) is 0 Å². The van der Waals surface area contributed by atoms with Crippen molar-refractivity contribution in [3.8, 4) is 0 Å². The molecule has 1 fully saturated rings. The van der Waals surface area contributed by atoms with Gasteiger partial charge in [-0.25, -0.2) is 15.8 Å². The minimum absolute atomic E-state index is 0.0354. The molecule has 2 rings (SSSR count). The quantitative estimate of drug-likeness (QED) is 0.643. The lowest BCUT2D eigenvalue weighted by Crippen LogP contribution is -2.37. The standard InChI is InChI=1S/C12H18F3N5/c1-7(2)9-10(19-16)17-6-18-11(9)20(8-3-4-8)5-12(13,14)15/h6-8H,3-5,16H2,1-2H3,(H,17,18,19). The van der Waals surface area contributed by atoms with E-state index < -0.39 is 12.7 Å². The Morgan fingerprint density at radius 1 is 1.40 bits per heavy atom. The molecule has 1 aliphatic carbocycles. The number of hydrogen-bond donors (Lipinski definition) is 2. The summed E-state index contributed by atoms with van der Waals surface area (Å²) >= 11 is 0. The van der Waals surface area contributed by atoms with Crippen LogP contribution >= 0.6 is 0 Å². The lowest BCUT2D eigenvalue weighted by molar-refractivity contribution is -0.120. The summed E-state index contributed by atoms with van der Waals surface area (Å²) in [4.78, 5) is 9.37. The second-order valence-corrected chi connectivity index (χ2v) is 5.23. The van der Waals surface area contributed by atoms with Crippen molar-refractivity contribution < 1.29 is 13.2 Å². The highest BCUT2D eigenvalue weighted by atomic mass is 19.4. The minimum Gasteiger partial charge on any atom is -0.344 e. The molecule has 1 aliphatic rings. The van der Waals surface area contributed by atoms with Crippen molar-refractivity contribution in [2.24, 2.45) is 5.84 Å². The normalized spacial score (nSPS) is 15.6. The van der Waals surface area contributed by atoms with Gasteiger partial charge in [0.15, 0.2) is 0 Å². The molecule has 0 radical (unpaired) electrons. The van der Waals surface area contributed by atoms with Gasteiger partial charge in [-0.05, 0) is 18.8 Å². The zero-order chi connectivity index (χ0) is 14.9. The van der Waals surface area contributed by atoms with Crippen molar-refractivity contribution in [1.82, 2.24) is 9.97 Å². The summed E-state index contributed by atoms with van der Waals surface area (Å²) in [6, 6.07) is -0.102. The van der Waals surface area contributed by atoms with Gasteiger partial charge in [0.2, 0.25) is 0 Å². The molecular weight excluding hydrogens is 271 g/mol. The number of nitrogen functional groups attached to an aromatic ring is 1. The Labute approximate surface area is 115 Å². The maximum atomic E-state index is 12.8. The highest BCUT2D eigenvalue weighted by Crippen LogP contribution is 2.38. The largest absolute Gasteiger partial charge is 0.405 e. The summed E-state index contributed by atoms with van der Waals surface area (Å²) in [5, 5.41) is 0. The van der Waals surface area contributed by atoms with E-state index in [1.807, 2.05) is 13.8 Å². The molecule has 1 saturated carbocycles. The molecule has 8 heteroatoms. The number of nitrogens with one attached hydrogen (secondary N) is 1. The fraction of sp³-hybridized carbons (Fsp3) is 0.667. The molecule has 0 spiro atoms. The van der Waals surface area contributed by atoms with Crippen molar-refractivity contribution in [2.75, 3.05) is 16.9 Å². The Morgan fingerprint density at radius 3 is 2.50 bits per heavy atom. The van der Waals surface area contributed by atoms with Crippen LogP contribution in [0.1, 0.15) is 38.2 Å². The third kappa shape index (κ3) is 3.30. The average molecular weight is 289 g/mol. The predicted molar refractivity (Wildman–Crippen MR) is 70.4 cm³/mol. The summed E-state index contributed by atoms with van der Waals surface area (Å²) in [6.07, 6.45) is -1.52. The van der Waals surface area contributed by atoms with Crippen LogP contribution in [-0.4, -0.2) is 28.7 Å². The van der Waals surface area contributed by atoms with Crippen LogP contribution in [0.25, 0.3) is 0 Å². The first-order valence-corrected chi connectivity index (χ1v) is 6.48. The number of halogens is 3. The number of nitrogens with zero attached hydrogens (tertiary/aromatic N) is 3. The Balaban J connectivity index is 2.42. The Hall–Kier alpha value is -1.57. The summed E-state index contributed by atoms with van der Waals surface area (Å²) in [5.41, 5.74) is 3.05. The summed E-state index contributed by atoms with van der Waals surface area (Å²) in [7, 11) is 0. The zero-order valence-electron chi connectivity index (χ0n) is 11.4. The maximum absolute atomic E-state index is 12.8. The summed E-state index contributed by atoms with van der Waals surface area (Å²) in [6.45, 7) is 2.75. The second kappa shape index (κ2) is 5.43. The predicted octanol–water partition coefficient (Wildman–Crippen LogP) is 2.42. The SMILES string of the molecule is CC(C)c1c(NN)ncnc1N(CC(F)(F)F)C1CC1. The van der Waals surface area contributed by atoms with Gasteiger partial charge in [-0.15, -0.1) is 0 Å². The van der Waals surface area contributed by atoms with Gasteiger partial charge in [-0.2, -0.15) is 13.2 Å². The number of anilines is 2. The molecule has 0 aromatic carbocycles. The highest BCUT2D eigenvalue weighted by molar-refractivity contribution is 5.61. The lowest BCUT2D eigenvalue weighted by atomic mass is 10.0. The molecule has 0 bridgehead atoms. The molecule has 0 aliphatic heterocycles. The molecule has 0 amide bonds. The van der Waals surface area contributed by atoms with Crippen LogP contribution in [0.3, 0.4) is 0 Å². The zero-order valence-corrected chi connectivity index (χ0v) is 11.4. The Bertz CT molecular complexity index is 471. The van der Waals surface area contributed by atoms with Gasteiger partial charge in [0, 0.05) is 11.6 Å². The number of alkyl halides is 3. The number of hydrogen-bond acceptors (Lipinski definition) is 5. The van der Waals surface area contributed by atoms with Crippen molar-refractivity contribution in [3.05, 3.63) is 11.9 Å². The topological polar surface area (TPSA) is 67.1 Å². The van der Waals surface area contributed by atoms with Crippen LogP contribution in [0.2, 0.25) is 0 Å². The lowest BCUT2D eigenvalue weighted by Gasteiger charge is -2.28. The molecular formula is C12H18F3N5. The fourth-order valence-electron chi connectivity index (χ4n) is 2.22. The number of rotatable bonds is 5. The van der Waals surface area contributed by atoms with E-state index in [1.165, 1.54) is 11.2 Å². The average Bonchev–Trinajstić information content (AvgIpc) is 3.18. The van der Waals surface area contributed by atoms with Crippen LogP contribution < -0.4 is 16.2 Å². The van der Waals surface area contributed by atoms with Crippen LogP contribution in [-0.2, 0) is 0 Å². The molecule has 1 heterocycles. The molecule has 0 saturated heterocycles. The highest BCUT2D eigenvalue weighted by Gasteiger charge is 2.40. The van der Waals surface area contributed by atoms with E-state index >= 15 is 0 Å². The van der Waals surface area contributed by atoms with Crippen molar-refractivity contribution in [1.29, 1.82) is 0 Å². The molecule has 5 nitrogen and oxygen atoms in total. The molecule has 3 N–H and O–H groups in total. The number of aromatic nitrogens is 2. The Morgan fingerprint density at radius 2 is 2.05 bits per heavy atom. The first-order valence-electron chi connectivity index (χ1n) is 6.48. The third-order valence-electron chi connectivity index (χ3n) is 3.19. The molecule has 20 heavy (non-hydrogen) atoms. The monoisotopic (exact) mass is 289 g/mol. The van der Waals surface area contributed by atoms with E-state index in [9.17, 15) is 13.2 Å². The van der Waals surface area contributed by atoms with E-state index in [1.54, 1.807) is 0 Å². The van der Waals surface area contributed by atoms with Gasteiger partial charge < -0.3 is 10.3 Å². The van der Waals surface area contributed by atoms with Gasteiger partial charge in [-0.3, -0.25) is 0 Å². The van der Waals surface area contributed by atoms with Crippen molar-refractivity contribution in [3.63, 3.8) is 0 Å². The summed E-state index contributed by atoms with van der Waals surface area (Å²) in [5.74, 6) is 6.05. The van der Waals surface area contributed by atoms with Crippen molar-refractivity contribution >= 4 is 11.6 Å². The number of nitrogens with two attached hydrogens (primary N) is 1. The molecule has 0 unspecified atom stereocenters. The van der Waals surface area contributed by atoms with Gasteiger partial charge in [0.1, 0.15) is 24.5 Å². The first-order chi connectivity index (χ1) is 9.33. The molecule has 1 aromatic heterocycles. The first kappa shape index (κ1) is 14.8. The van der Waals surface area contributed by atoms with Crippen molar-refractivity contribution in [2.45, 2.75) is 44.8 Å².